The molecular weight excluding hydrogens is 290 g/mol. The van der Waals surface area contributed by atoms with E-state index in [1.54, 1.807) is 7.11 Å². The summed E-state index contributed by atoms with van der Waals surface area (Å²) in [6, 6.07) is 6.60. The predicted octanol–water partition coefficient (Wildman–Crippen LogP) is 2.36. The van der Waals surface area contributed by atoms with E-state index in [1.807, 2.05) is 0 Å². The van der Waals surface area contributed by atoms with E-state index in [0.29, 0.717) is 19.4 Å². The van der Waals surface area contributed by atoms with Crippen LogP contribution in [0.3, 0.4) is 0 Å². The van der Waals surface area contributed by atoms with Gasteiger partial charge in [0.15, 0.2) is 0 Å². The number of carbonyl (C=O) groups is 1. The maximum absolute atomic E-state index is 12.4. The predicted molar refractivity (Wildman–Crippen MR) is 89.1 cm³/mol. The lowest BCUT2D eigenvalue weighted by atomic mass is 9.84. The third kappa shape index (κ3) is 3.93. The minimum atomic E-state index is -0.440. The van der Waals surface area contributed by atoms with Crippen LogP contribution in [0.2, 0.25) is 0 Å². The van der Waals surface area contributed by atoms with Gasteiger partial charge in [-0.2, -0.15) is 0 Å². The molecule has 1 fully saturated rings. The maximum Gasteiger partial charge on any atom is 0.223 e. The Morgan fingerprint density at radius 1 is 1.26 bits per heavy atom. The summed E-state index contributed by atoms with van der Waals surface area (Å²) < 4.78 is 5.28. The molecule has 0 aromatic heterocycles. The van der Waals surface area contributed by atoms with E-state index in [1.165, 1.54) is 36.0 Å². The number of amides is 1. The zero-order valence-electron chi connectivity index (χ0n) is 13.9. The highest BCUT2D eigenvalue weighted by Gasteiger charge is 2.32. The summed E-state index contributed by atoms with van der Waals surface area (Å²) in [5.74, 6) is 0.0256. The second kappa shape index (κ2) is 7.45. The molecule has 2 aliphatic rings. The molecule has 1 saturated carbocycles. The number of hydrogen-bond acceptors (Lipinski definition) is 3. The molecule has 1 aromatic carbocycles. The van der Waals surface area contributed by atoms with Crippen molar-refractivity contribution in [3.8, 4) is 0 Å². The highest BCUT2D eigenvalue weighted by Crippen LogP contribution is 2.27. The first-order chi connectivity index (χ1) is 11.2. The summed E-state index contributed by atoms with van der Waals surface area (Å²) in [5.41, 5.74) is 4.09. The van der Waals surface area contributed by atoms with Crippen LogP contribution in [-0.2, 0) is 28.9 Å². The number of carbonyl (C=O) groups excluding carboxylic acids is 1. The van der Waals surface area contributed by atoms with Crippen LogP contribution in [0.4, 0.5) is 0 Å². The van der Waals surface area contributed by atoms with E-state index in [9.17, 15) is 9.90 Å². The van der Waals surface area contributed by atoms with Crippen LogP contribution in [0.25, 0.3) is 0 Å². The number of fused-ring (bicyclic) bond motifs is 1. The molecule has 0 heterocycles. The van der Waals surface area contributed by atoms with Gasteiger partial charge in [-0.25, -0.2) is 0 Å². The van der Waals surface area contributed by atoms with Gasteiger partial charge in [0.25, 0.3) is 0 Å². The van der Waals surface area contributed by atoms with Crippen molar-refractivity contribution in [2.24, 2.45) is 5.92 Å². The Hall–Kier alpha value is -1.39. The Bertz CT molecular complexity index is 558. The monoisotopic (exact) mass is 317 g/mol. The first-order valence-corrected chi connectivity index (χ1v) is 8.76. The van der Waals surface area contributed by atoms with E-state index in [0.717, 1.165) is 12.8 Å². The molecule has 3 rings (SSSR count). The van der Waals surface area contributed by atoms with Crippen molar-refractivity contribution < 1.29 is 14.6 Å². The summed E-state index contributed by atoms with van der Waals surface area (Å²) in [7, 11) is 1.60. The maximum atomic E-state index is 12.4. The molecular formula is C19H27NO3. The summed E-state index contributed by atoms with van der Waals surface area (Å²) >= 11 is 0. The molecule has 0 bridgehead atoms. The largest absolute Gasteiger partial charge is 0.390 e. The molecule has 3 atom stereocenters. The number of benzene rings is 1. The van der Waals surface area contributed by atoms with Gasteiger partial charge in [0.1, 0.15) is 0 Å². The van der Waals surface area contributed by atoms with Crippen molar-refractivity contribution in [1.29, 1.82) is 0 Å². The van der Waals surface area contributed by atoms with Crippen molar-refractivity contribution >= 4 is 5.91 Å². The summed E-state index contributed by atoms with van der Waals surface area (Å²) in [5, 5.41) is 12.9. The van der Waals surface area contributed by atoms with Crippen LogP contribution in [0.1, 0.15) is 48.8 Å². The standard InChI is InChI=1S/C19H27NO3/c1-23-18-11-16(8-9-17(18)21)19(22)20-12-13-6-7-14-4-2-3-5-15(14)10-13/h6-7,10,16-18,21H,2-5,8-9,11-12H2,1H3,(H,20,22). The summed E-state index contributed by atoms with van der Waals surface area (Å²) in [4.78, 5) is 12.4. The molecule has 0 saturated heterocycles. The van der Waals surface area contributed by atoms with E-state index in [-0.39, 0.29) is 17.9 Å². The van der Waals surface area contributed by atoms with Gasteiger partial charge in [0.2, 0.25) is 5.91 Å². The lowest BCUT2D eigenvalue weighted by molar-refractivity contribution is -0.130. The highest BCUT2D eigenvalue weighted by molar-refractivity contribution is 5.78. The fourth-order valence-electron chi connectivity index (χ4n) is 3.83. The number of nitrogens with one attached hydrogen (secondary N) is 1. The van der Waals surface area contributed by atoms with Crippen LogP contribution >= 0.6 is 0 Å². The molecule has 126 valence electrons. The van der Waals surface area contributed by atoms with Crippen LogP contribution in [0, 0.1) is 5.92 Å². The first-order valence-electron chi connectivity index (χ1n) is 8.76. The number of rotatable bonds is 4. The van der Waals surface area contributed by atoms with Crippen molar-refractivity contribution in [3.05, 3.63) is 34.9 Å². The van der Waals surface area contributed by atoms with Crippen LogP contribution < -0.4 is 5.32 Å². The first kappa shape index (κ1) is 16.5. The van der Waals surface area contributed by atoms with Crippen molar-refractivity contribution in [1.82, 2.24) is 5.32 Å². The van der Waals surface area contributed by atoms with E-state index < -0.39 is 6.10 Å². The molecule has 2 N–H and O–H groups in total. The second-order valence-corrected chi connectivity index (χ2v) is 6.88. The molecule has 4 heteroatoms. The molecule has 1 amide bonds. The fraction of sp³-hybridized carbons (Fsp3) is 0.632. The zero-order valence-corrected chi connectivity index (χ0v) is 13.9. The van der Waals surface area contributed by atoms with E-state index in [4.69, 9.17) is 4.74 Å². The molecule has 23 heavy (non-hydrogen) atoms. The Morgan fingerprint density at radius 2 is 2.04 bits per heavy atom. The number of ether oxygens (including phenoxy) is 1. The Morgan fingerprint density at radius 3 is 2.83 bits per heavy atom. The van der Waals surface area contributed by atoms with Crippen LogP contribution in [-0.4, -0.2) is 30.3 Å². The van der Waals surface area contributed by atoms with Crippen molar-refractivity contribution in [2.75, 3.05) is 7.11 Å². The average molecular weight is 317 g/mol. The van der Waals surface area contributed by atoms with Crippen LogP contribution in [0.5, 0.6) is 0 Å². The molecule has 4 nitrogen and oxygen atoms in total. The van der Waals surface area contributed by atoms with Gasteiger partial charge in [0, 0.05) is 19.6 Å². The summed E-state index contributed by atoms with van der Waals surface area (Å²) in [6.07, 6.45) is 6.22. The number of methoxy groups -OCH3 is 1. The smallest absolute Gasteiger partial charge is 0.223 e. The molecule has 2 aliphatic carbocycles. The van der Waals surface area contributed by atoms with Gasteiger partial charge in [0.05, 0.1) is 12.2 Å². The quantitative estimate of drug-likeness (QED) is 0.896. The fourth-order valence-corrected chi connectivity index (χ4v) is 3.83. The third-order valence-corrected chi connectivity index (χ3v) is 5.31. The Kier molecular flexibility index (Phi) is 5.34. The number of aliphatic hydroxyl groups excluding tert-OH is 1. The summed E-state index contributed by atoms with van der Waals surface area (Å²) in [6.45, 7) is 0.586. The van der Waals surface area contributed by atoms with Gasteiger partial charge in [-0.05, 0) is 61.6 Å². The third-order valence-electron chi connectivity index (χ3n) is 5.31. The lowest BCUT2D eigenvalue weighted by Gasteiger charge is -2.31. The Balaban J connectivity index is 1.54. The number of aryl methyl sites for hydroxylation is 2. The molecule has 0 spiro atoms. The van der Waals surface area contributed by atoms with Crippen molar-refractivity contribution in [3.63, 3.8) is 0 Å². The SMILES string of the molecule is COC1CC(C(=O)NCc2ccc3c(c2)CCCC3)CCC1O. The molecule has 0 radical (unpaired) electrons. The number of hydrogen-bond donors (Lipinski definition) is 2. The topological polar surface area (TPSA) is 58.6 Å². The van der Waals surface area contributed by atoms with E-state index >= 15 is 0 Å². The van der Waals surface area contributed by atoms with Gasteiger partial charge in [-0.3, -0.25) is 4.79 Å². The molecule has 3 unspecified atom stereocenters. The molecule has 1 aromatic rings. The molecule has 0 aliphatic heterocycles. The minimum Gasteiger partial charge on any atom is -0.390 e. The van der Waals surface area contributed by atoms with Gasteiger partial charge in [-0.15, -0.1) is 0 Å². The second-order valence-electron chi connectivity index (χ2n) is 6.88. The lowest BCUT2D eigenvalue weighted by Crippen LogP contribution is -2.41. The average Bonchev–Trinajstić information content (AvgIpc) is 2.60. The Labute approximate surface area is 138 Å². The number of aliphatic hydroxyl groups is 1. The van der Waals surface area contributed by atoms with E-state index in [2.05, 4.69) is 23.5 Å². The normalized spacial score (nSPS) is 27.3. The van der Waals surface area contributed by atoms with Gasteiger partial charge < -0.3 is 15.2 Å². The van der Waals surface area contributed by atoms with Gasteiger partial charge >= 0.3 is 0 Å². The highest BCUT2D eigenvalue weighted by atomic mass is 16.5. The zero-order chi connectivity index (χ0) is 16.2. The van der Waals surface area contributed by atoms with Crippen molar-refractivity contribution in [2.45, 2.75) is 63.7 Å². The van der Waals surface area contributed by atoms with Gasteiger partial charge in [-0.1, -0.05) is 18.2 Å². The van der Waals surface area contributed by atoms with Crippen LogP contribution in [0.15, 0.2) is 18.2 Å². The minimum absolute atomic E-state index is 0.0547.